The molecule has 2 heteroatoms. The van der Waals surface area contributed by atoms with Gasteiger partial charge in [0.2, 0.25) is 0 Å². The van der Waals surface area contributed by atoms with Crippen molar-refractivity contribution in [3.05, 3.63) is 34.3 Å². The highest BCUT2D eigenvalue weighted by molar-refractivity contribution is 9.09. The van der Waals surface area contributed by atoms with Crippen molar-refractivity contribution in [3.8, 4) is 0 Å². The first-order valence-corrected chi connectivity index (χ1v) is 9.57. The highest BCUT2D eigenvalue weighted by Crippen LogP contribution is 2.48. The van der Waals surface area contributed by atoms with Crippen molar-refractivity contribution in [3.63, 3.8) is 0 Å². The first kappa shape index (κ1) is 17.3. The van der Waals surface area contributed by atoms with Crippen LogP contribution in [-0.4, -0.2) is 5.33 Å². The van der Waals surface area contributed by atoms with Gasteiger partial charge in [-0.3, -0.25) is 0 Å². The molecule has 2 rings (SSSR count). The number of hydrogen-bond acceptors (Lipinski definition) is 0. The maximum Gasteiger partial charge on any atom is 0.0440 e. The van der Waals surface area contributed by atoms with Crippen molar-refractivity contribution >= 4 is 27.5 Å². The van der Waals surface area contributed by atoms with E-state index in [1.165, 1.54) is 36.8 Å². The Labute approximate surface area is 143 Å². The Kier molecular flexibility index (Phi) is 5.47. The topological polar surface area (TPSA) is 0 Å². The molecule has 0 aliphatic heterocycles. The summed E-state index contributed by atoms with van der Waals surface area (Å²) in [5, 5.41) is 2.02. The monoisotopic (exact) mass is 370 g/mol. The molecule has 0 spiro atoms. The quantitative estimate of drug-likeness (QED) is 0.512. The minimum absolute atomic E-state index is 0.390. The van der Waals surface area contributed by atoms with Gasteiger partial charge in [-0.05, 0) is 73.0 Å². The minimum Gasteiger partial charge on any atom is -0.0922 e. The van der Waals surface area contributed by atoms with Crippen LogP contribution in [0.3, 0.4) is 0 Å². The van der Waals surface area contributed by atoms with Crippen LogP contribution in [0.2, 0.25) is 5.02 Å². The van der Waals surface area contributed by atoms with E-state index in [1.54, 1.807) is 0 Å². The molecule has 0 bridgehead atoms. The summed E-state index contributed by atoms with van der Waals surface area (Å²) in [6.45, 7) is 9.26. The predicted molar refractivity (Wildman–Crippen MR) is 97.5 cm³/mol. The van der Waals surface area contributed by atoms with E-state index in [-0.39, 0.29) is 0 Å². The maximum absolute atomic E-state index is 6.45. The van der Waals surface area contributed by atoms with E-state index in [4.69, 9.17) is 11.6 Å². The molecule has 0 saturated heterocycles. The Bertz CT molecular complexity index is 479. The van der Waals surface area contributed by atoms with Crippen LogP contribution in [0.5, 0.6) is 0 Å². The number of halogens is 2. The largest absolute Gasteiger partial charge is 0.0922 e. The van der Waals surface area contributed by atoms with Gasteiger partial charge >= 0.3 is 0 Å². The SMILES string of the molecule is Cc1ccc(CC2(CBr)CCC(C(C)(C)C)CC2)c(Cl)c1. The molecular weight excluding hydrogens is 344 g/mol. The van der Waals surface area contributed by atoms with Crippen LogP contribution in [0.15, 0.2) is 18.2 Å². The average Bonchev–Trinajstić information content (AvgIpc) is 2.41. The van der Waals surface area contributed by atoms with Gasteiger partial charge in [0.05, 0.1) is 0 Å². The van der Waals surface area contributed by atoms with Gasteiger partial charge in [0.25, 0.3) is 0 Å². The maximum atomic E-state index is 6.45. The van der Waals surface area contributed by atoms with Crippen LogP contribution in [0.25, 0.3) is 0 Å². The average molecular weight is 372 g/mol. The number of alkyl halides is 1. The molecule has 0 nitrogen and oxygen atoms in total. The number of hydrogen-bond donors (Lipinski definition) is 0. The molecule has 0 amide bonds. The second-order valence-corrected chi connectivity index (χ2v) is 9.01. The van der Waals surface area contributed by atoms with Crippen molar-refractivity contribution in [1.82, 2.24) is 0 Å². The zero-order valence-corrected chi connectivity index (χ0v) is 16.1. The zero-order valence-electron chi connectivity index (χ0n) is 13.8. The lowest BCUT2D eigenvalue weighted by Crippen LogP contribution is -2.35. The molecule has 0 radical (unpaired) electrons. The molecular formula is C19H28BrCl. The second kappa shape index (κ2) is 6.62. The predicted octanol–water partition coefficient (Wildman–Crippen LogP) is 6.81. The Morgan fingerprint density at radius 1 is 1.24 bits per heavy atom. The van der Waals surface area contributed by atoms with Crippen LogP contribution < -0.4 is 0 Å². The van der Waals surface area contributed by atoms with Crippen LogP contribution >= 0.6 is 27.5 Å². The fourth-order valence-corrected chi connectivity index (χ4v) is 4.71. The summed E-state index contributed by atoms with van der Waals surface area (Å²) in [4.78, 5) is 0. The van der Waals surface area contributed by atoms with E-state index in [9.17, 15) is 0 Å². The molecule has 1 aromatic carbocycles. The molecule has 1 aliphatic rings. The minimum atomic E-state index is 0.390. The third kappa shape index (κ3) is 4.26. The molecule has 0 atom stereocenters. The lowest BCUT2D eigenvalue weighted by Gasteiger charge is -2.43. The molecule has 118 valence electrons. The fourth-order valence-electron chi connectivity index (χ4n) is 3.65. The van der Waals surface area contributed by atoms with Crippen molar-refractivity contribution in [2.45, 2.75) is 59.8 Å². The van der Waals surface area contributed by atoms with E-state index in [1.807, 2.05) is 0 Å². The molecule has 0 heterocycles. The molecule has 1 aromatic rings. The molecule has 0 aromatic heterocycles. The van der Waals surface area contributed by atoms with Crippen molar-refractivity contribution in [2.24, 2.45) is 16.7 Å². The van der Waals surface area contributed by atoms with Crippen LogP contribution in [-0.2, 0) is 6.42 Å². The molecule has 0 unspecified atom stereocenters. The Hall–Kier alpha value is -0.0100. The Morgan fingerprint density at radius 2 is 1.86 bits per heavy atom. The van der Waals surface area contributed by atoms with E-state index in [2.05, 4.69) is 61.8 Å². The van der Waals surface area contributed by atoms with Crippen LogP contribution in [0.1, 0.15) is 57.6 Å². The van der Waals surface area contributed by atoms with Gasteiger partial charge in [0.15, 0.2) is 0 Å². The van der Waals surface area contributed by atoms with E-state index in [0.717, 1.165) is 22.7 Å². The highest BCUT2D eigenvalue weighted by atomic mass is 79.9. The summed E-state index contributed by atoms with van der Waals surface area (Å²) < 4.78 is 0. The molecule has 1 aliphatic carbocycles. The summed E-state index contributed by atoms with van der Waals surface area (Å²) in [5.74, 6) is 0.859. The summed E-state index contributed by atoms with van der Waals surface area (Å²) in [5.41, 5.74) is 3.39. The third-order valence-electron chi connectivity index (χ3n) is 5.33. The molecule has 1 saturated carbocycles. The van der Waals surface area contributed by atoms with Gasteiger partial charge in [-0.2, -0.15) is 0 Å². The second-order valence-electron chi connectivity index (χ2n) is 8.05. The first-order valence-electron chi connectivity index (χ1n) is 8.07. The summed E-state index contributed by atoms with van der Waals surface area (Å²) in [6, 6.07) is 6.50. The van der Waals surface area contributed by atoms with Crippen molar-refractivity contribution < 1.29 is 0 Å². The number of rotatable bonds is 3. The zero-order chi connectivity index (χ0) is 15.7. The van der Waals surface area contributed by atoms with Gasteiger partial charge in [0, 0.05) is 10.4 Å². The smallest absolute Gasteiger partial charge is 0.0440 e. The van der Waals surface area contributed by atoms with E-state index < -0.39 is 0 Å². The van der Waals surface area contributed by atoms with Crippen LogP contribution in [0, 0.1) is 23.7 Å². The Morgan fingerprint density at radius 3 is 2.33 bits per heavy atom. The van der Waals surface area contributed by atoms with E-state index in [0.29, 0.717) is 10.8 Å². The fraction of sp³-hybridized carbons (Fsp3) is 0.684. The lowest BCUT2D eigenvalue weighted by molar-refractivity contribution is 0.103. The molecule has 21 heavy (non-hydrogen) atoms. The normalized spacial score (nSPS) is 26.9. The van der Waals surface area contributed by atoms with Gasteiger partial charge in [-0.25, -0.2) is 0 Å². The van der Waals surface area contributed by atoms with Crippen molar-refractivity contribution in [2.75, 3.05) is 5.33 Å². The van der Waals surface area contributed by atoms with Gasteiger partial charge < -0.3 is 0 Å². The first-order chi connectivity index (χ1) is 9.76. The highest BCUT2D eigenvalue weighted by Gasteiger charge is 2.38. The number of benzene rings is 1. The standard InChI is InChI=1S/C19H28BrCl/c1-14-5-6-15(17(21)11-14)12-19(13-20)9-7-16(8-10-19)18(2,3)4/h5-6,11,16H,7-10,12-13H2,1-4H3. The van der Waals surface area contributed by atoms with Crippen molar-refractivity contribution in [1.29, 1.82) is 0 Å². The van der Waals surface area contributed by atoms with Gasteiger partial charge in [0.1, 0.15) is 0 Å². The third-order valence-corrected chi connectivity index (χ3v) is 6.87. The number of aryl methyl sites for hydroxylation is 1. The molecule has 1 fully saturated rings. The van der Waals surface area contributed by atoms with Gasteiger partial charge in [-0.1, -0.05) is 60.4 Å². The lowest BCUT2D eigenvalue weighted by atomic mass is 9.63. The summed E-state index contributed by atoms with van der Waals surface area (Å²) in [6.07, 6.45) is 6.42. The van der Waals surface area contributed by atoms with E-state index >= 15 is 0 Å². The van der Waals surface area contributed by atoms with Crippen LogP contribution in [0.4, 0.5) is 0 Å². The molecule has 0 N–H and O–H groups in total. The Balaban J connectivity index is 2.10. The summed E-state index contributed by atoms with van der Waals surface area (Å²) in [7, 11) is 0. The summed E-state index contributed by atoms with van der Waals surface area (Å²) >= 11 is 10.2. The van der Waals surface area contributed by atoms with Gasteiger partial charge in [-0.15, -0.1) is 0 Å².